The summed E-state index contributed by atoms with van der Waals surface area (Å²) in [6, 6.07) is 8.40. The Balaban J connectivity index is 1.87. The van der Waals surface area contributed by atoms with Crippen LogP contribution in [0.25, 0.3) is 11.1 Å². The third kappa shape index (κ3) is 2.48. The van der Waals surface area contributed by atoms with Gasteiger partial charge in [-0.1, -0.05) is 11.6 Å². The first kappa shape index (κ1) is 12.6. The highest BCUT2D eigenvalue weighted by molar-refractivity contribution is 6.29. The number of nitrogens with one attached hydrogen (secondary N) is 1. The number of oxazole rings is 1. The number of fused-ring (bicyclic) bond motifs is 1. The summed E-state index contributed by atoms with van der Waals surface area (Å²) in [5.41, 5.74) is 2.46. The minimum absolute atomic E-state index is 0.259. The number of hydrogen-bond acceptors (Lipinski definition) is 4. The lowest BCUT2D eigenvalue weighted by atomic mass is 10.2. The van der Waals surface area contributed by atoms with Crippen molar-refractivity contribution < 1.29 is 9.21 Å². The molecule has 20 heavy (non-hydrogen) atoms. The Labute approximate surface area is 119 Å². The molecule has 2 aromatic heterocycles. The molecule has 0 saturated heterocycles. The molecule has 3 aromatic rings. The van der Waals surface area contributed by atoms with E-state index >= 15 is 0 Å². The predicted molar refractivity (Wildman–Crippen MR) is 75.9 cm³/mol. The summed E-state index contributed by atoms with van der Waals surface area (Å²) in [5, 5.41) is 3.05. The first-order valence-corrected chi connectivity index (χ1v) is 6.30. The first-order chi connectivity index (χ1) is 9.61. The second kappa shape index (κ2) is 4.94. The Morgan fingerprint density at radius 2 is 2.15 bits per heavy atom. The summed E-state index contributed by atoms with van der Waals surface area (Å²) in [7, 11) is 0. The topological polar surface area (TPSA) is 68.0 Å². The lowest BCUT2D eigenvalue weighted by Crippen LogP contribution is -2.11. The zero-order chi connectivity index (χ0) is 14.1. The van der Waals surface area contributed by atoms with Gasteiger partial charge in [-0.2, -0.15) is 0 Å². The van der Waals surface area contributed by atoms with Gasteiger partial charge >= 0.3 is 0 Å². The van der Waals surface area contributed by atoms with E-state index in [1.807, 2.05) is 0 Å². The molecule has 0 saturated carbocycles. The predicted octanol–water partition coefficient (Wildman–Crippen LogP) is 3.44. The monoisotopic (exact) mass is 287 g/mol. The smallest absolute Gasteiger partial charge is 0.255 e. The van der Waals surface area contributed by atoms with Gasteiger partial charge < -0.3 is 9.73 Å². The van der Waals surface area contributed by atoms with Crippen LogP contribution in [0, 0.1) is 6.92 Å². The molecule has 3 rings (SSSR count). The maximum atomic E-state index is 12.1. The number of benzene rings is 1. The average molecular weight is 288 g/mol. The SMILES string of the molecule is Cc1nc2ccc(NC(=O)c3ccnc(Cl)c3)cc2o1. The number of pyridine rings is 1. The summed E-state index contributed by atoms with van der Waals surface area (Å²) < 4.78 is 5.42. The number of carbonyl (C=O) groups is 1. The second-order valence-electron chi connectivity index (χ2n) is 4.24. The molecule has 0 radical (unpaired) electrons. The van der Waals surface area contributed by atoms with Gasteiger partial charge in [-0.15, -0.1) is 0 Å². The number of anilines is 1. The van der Waals surface area contributed by atoms with E-state index in [-0.39, 0.29) is 11.1 Å². The minimum atomic E-state index is -0.259. The van der Waals surface area contributed by atoms with Gasteiger partial charge in [-0.25, -0.2) is 9.97 Å². The van der Waals surface area contributed by atoms with Crippen LogP contribution >= 0.6 is 11.6 Å². The van der Waals surface area contributed by atoms with Gasteiger partial charge in [0.1, 0.15) is 10.7 Å². The van der Waals surface area contributed by atoms with Crippen LogP contribution in [-0.2, 0) is 0 Å². The highest BCUT2D eigenvalue weighted by Gasteiger charge is 2.09. The van der Waals surface area contributed by atoms with Crippen molar-refractivity contribution in [1.29, 1.82) is 0 Å². The fourth-order valence-electron chi connectivity index (χ4n) is 1.86. The van der Waals surface area contributed by atoms with Crippen molar-refractivity contribution in [2.75, 3.05) is 5.32 Å². The second-order valence-corrected chi connectivity index (χ2v) is 4.62. The number of nitrogens with zero attached hydrogens (tertiary/aromatic N) is 2. The van der Waals surface area contributed by atoms with E-state index < -0.39 is 0 Å². The molecule has 1 aromatic carbocycles. The number of aryl methyl sites for hydroxylation is 1. The summed E-state index contributed by atoms with van der Waals surface area (Å²) in [4.78, 5) is 20.1. The molecule has 0 fully saturated rings. The van der Waals surface area contributed by atoms with E-state index in [9.17, 15) is 4.79 Å². The third-order valence-corrected chi connectivity index (χ3v) is 2.95. The zero-order valence-corrected chi connectivity index (χ0v) is 11.3. The quantitative estimate of drug-likeness (QED) is 0.733. The van der Waals surface area contributed by atoms with Crippen LogP contribution in [0.2, 0.25) is 5.15 Å². The fraction of sp³-hybridized carbons (Fsp3) is 0.0714. The van der Waals surface area contributed by atoms with Crippen LogP contribution in [0.4, 0.5) is 5.69 Å². The number of aromatic nitrogens is 2. The molecule has 0 spiro atoms. The lowest BCUT2D eigenvalue weighted by molar-refractivity contribution is 0.102. The fourth-order valence-corrected chi connectivity index (χ4v) is 2.04. The van der Waals surface area contributed by atoms with Crippen LogP contribution in [-0.4, -0.2) is 15.9 Å². The van der Waals surface area contributed by atoms with Crippen LogP contribution in [0.15, 0.2) is 40.9 Å². The van der Waals surface area contributed by atoms with Crippen LogP contribution in [0.5, 0.6) is 0 Å². The molecule has 5 nitrogen and oxygen atoms in total. The van der Waals surface area contributed by atoms with Crippen molar-refractivity contribution in [2.24, 2.45) is 0 Å². The van der Waals surface area contributed by atoms with Crippen molar-refractivity contribution in [1.82, 2.24) is 9.97 Å². The molecular formula is C14H10ClN3O2. The first-order valence-electron chi connectivity index (χ1n) is 5.92. The number of rotatable bonds is 2. The van der Waals surface area contributed by atoms with Gasteiger partial charge in [0.05, 0.1) is 0 Å². The van der Waals surface area contributed by atoms with Gasteiger partial charge in [0.25, 0.3) is 5.91 Å². The van der Waals surface area contributed by atoms with Crippen LogP contribution < -0.4 is 5.32 Å². The standard InChI is InChI=1S/C14H10ClN3O2/c1-8-17-11-3-2-10(7-12(11)20-8)18-14(19)9-4-5-16-13(15)6-9/h2-7H,1H3,(H,18,19). The van der Waals surface area contributed by atoms with E-state index in [2.05, 4.69) is 15.3 Å². The average Bonchev–Trinajstić information content (AvgIpc) is 2.78. The van der Waals surface area contributed by atoms with E-state index in [0.717, 1.165) is 5.52 Å². The van der Waals surface area contributed by atoms with Crippen molar-refractivity contribution in [3.63, 3.8) is 0 Å². The van der Waals surface area contributed by atoms with Crippen molar-refractivity contribution in [3.05, 3.63) is 53.1 Å². The molecule has 6 heteroatoms. The molecule has 2 heterocycles. The molecular weight excluding hydrogens is 278 g/mol. The van der Waals surface area contributed by atoms with Gasteiger partial charge in [-0.3, -0.25) is 4.79 Å². The zero-order valence-electron chi connectivity index (χ0n) is 10.6. The van der Waals surface area contributed by atoms with Crippen LogP contribution in [0.3, 0.4) is 0 Å². The highest BCUT2D eigenvalue weighted by atomic mass is 35.5. The van der Waals surface area contributed by atoms with Gasteiger partial charge in [0, 0.05) is 30.4 Å². The molecule has 0 unspecified atom stereocenters. The van der Waals surface area contributed by atoms with Crippen LogP contribution in [0.1, 0.15) is 16.2 Å². The minimum Gasteiger partial charge on any atom is -0.441 e. The Bertz CT molecular complexity index is 798. The maximum absolute atomic E-state index is 12.1. The largest absolute Gasteiger partial charge is 0.441 e. The molecule has 1 amide bonds. The van der Waals surface area contributed by atoms with Gasteiger partial charge in [0.2, 0.25) is 0 Å². The number of carbonyl (C=O) groups excluding carboxylic acids is 1. The normalized spacial score (nSPS) is 10.7. The van der Waals surface area contributed by atoms with E-state index in [4.69, 9.17) is 16.0 Å². The molecule has 0 aliphatic carbocycles. The Hall–Kier alpha value is -2.40. The lowest BCUT2D eigenvalue weighted by Gasteiger charge is -2.04. The van der Waals surface area contributed by atoms with Crippen molar-refractivity contribution >= 4 is 34.3 Å². The van der Waals surface area contributed by atoms with E-state index in [0.29, 0.717) is 22.7 Å². The molecule has 0 aliphatic heterocycles. The molecule has 0 aliphatic rings. The summed E-state index contributed by atoms with van der Waals surface area (Å²) in [5.74, 6) is 0.328. The Morgan fingerprint density at radius 3 is 2.95 bits per heavy atom. The molecule has 0 bridgehead atoms. The summed E-state index contributed by atoms with van der Waals surface area (Å²) >= 11 is 5.76. The summed E-state index contributed by atoms with van der Waals surface area (Å²) in [6.45, 7) is 1.78. The number of amides is 1. The Kier molecular flexibility index (Phi) is 3.12. The Morgan fingerprint density at radius 1 is 1.30 bits per heavy atom. The molecule has 0 atom stereocenters. The van der Waals surface area contributed by atoms with Gasteiger partial charge in [-0.05, 0) is 24.3 Å². The number of halogens is 1. The molecule has 100 valence electrons. The van der Waals surface area contributed by atoms with E-state index in [1.54, 1.807) is 31.2 Å². The number of hydrogen-bond donors (Lipinski definition) is 1. The summed E-state index contributed by atoms with van der Waals surface area (Å²) in [6.07, 6.45) is 1.49. The van der Waals surface area contributed by atoms with E-state index in [1.165, 1.54) is 12.3 Å². The van der Waals surface area contributed by atoms with Crippen molar-refractivity contribution in [3.8, 4) is 0 Å². The van der Waals surface area contributed by atoms with Crippen molar-refractivity contribution in [2.45, 2.75) is 6.92 Å². The third-order valence-electron chi connectivity index (χ3n) is 2.74. The maximum Gasteiger partial charge on any atom is 0.255 e. The molecule has 1 N–H and O–H groups in total. The van der Waals surface area contributed by atoms with Gasteiger partial charge in [0.15, 0.2) is 11.5 Å². The highest BCUT2D eigenvalue weighted by Crippen LogP contribution is 2.20.